The van der Waals surface area contributed by atoms with Crippen molar-refractivity contribution in [2.75, 3.05) is 12.1 Å². The van der Waals surface area contributed by atoms with Gasteiger partial charge in [0, 0.05) is 17.6 Å². The highest BCUT2D eigenvalue weighted by Crippen LogP contribution is 2.32. The average Bonchev–Trinajstić information content (AvgIpc) is 3.30. The number of amides is 1. The van der Waals surface area contributed by atoms with Crippen LogP contribution >= 0.6 is 0 Å². The third kappa shape index (κ3) is 3.95. The van der Waals surface area contributed by atoms with Gasteiger partial charge in [0.2, 0.25) is 6.79 Å². The molecule has 0 fully saturated rings. The number of anilines is 2. The molecule has 0 saturated carbocycles. The van der Waals surface area contributed by atoms with E-state index in [0.29, 0.717) is 23.7 Å². The lowest BCUT2D eigenvalue weighted by Gasteiger charge is -2.14. The Labute approximate surface area is 186 Å². The van der Waals surface area contributed by atoms with E-state index >= 15 is 0 Å². The lowest BCUT2D eigenvalue weighted by Crippen LogP contribution is -2.23. The number of fused-ring (bicyclic) bond motifs is 2. The van der Waals surface area contributed by atoms with Gasteiger partial charge >= 0.3 is 0 Å². The number of nitrogens with one attached hydrogen (secondary N) is 2. The zero-order chi connectivity index (χ0) is 21.9. The molecule has 4 aromatic rings. The van der Waals surface area contributed by atoms with Gasteiger partial charge in [0.05, 0.1) is 11.1 Å². The van der Waals surface area contributed by atoms with Crippen LogP contribution in [0.2, 0.25) is 0 Å². The Morgan fingerprint density at radius 1 is 0.969 bits per heavy atom. The van der Waals surface area contributed by atoms with Crippen molar-refractivity contribution in [3.05, 3.63) is 89.5 Å². The molecule has 0 bridgehead atoms. The van der Waals surface area contributed by atoms with Crippen LogP contribution in [0.15, 0.2) is 72.8 Å². The van der Waals surface area contributed by atoms with Crippen LogP contribution in [0.3, 0.4) is 0 Å². The van der Waals surface area contributed by atoms with Crippen LogP contribution in [0.5, 0.6) is 11.5 Å². The lowest BCUT2D eigenvalue weighted by atomic mass is 10.1. The summed E-state index contributed by atoms with van der Waals surface area (Å²) in [6, 6.07) is 23.3. The summed E-state index contributed by atoms with van der Waals surface area (Å²) in [7, 11) is 0. The van der Waals surface area contributed by atoms with E-state index in [1.54, 1.807) is 0 Å². The van der Waals surface area contributed by atoms with Crippen molar-refractivity contribution in [3.63, 3.8) is 0 Å². The number of rotatable bonds is 6. The Balaban J connectivity index is 1.42. The molecule has 2 heterocycles. The number of nitrogens with zero attached hydrogens (tertiary/aromatic N) is 1. The normalized spacial score (nSPS) is 12.0. The van der Waals surface area contributed by atoms with E-state index in [2.05, 4.69) is 23.6 Å². The predicted molar refractivity (Wildman–Crippen MR) is 125 cm³/mol. The first-order valence-electron chi connectivity index (χ1n) is 10.6. The third-order valence-electron chi connectivity index (χ3n) is 5.51. The second-order valence-electron chi connectivity index (χ2n) is 7.58. The minimum Gasteiger partial charge on any atom is -0.454 e. The van der Waals surface area contributed by atoms with Crippen molar-refractivity contribution < 1.29 is 14.3 Å². The van der Waals surface area contributed by atoms with Crippen LogP contribution in [-0.4, -0.2) is 17.7 Å². The number of benzene rings is 3. The molecule has 0 unspecified atom stereocenters. The molecule has 0 atom stereocenters. The summed E-state index contributed by atoms with van der Waals surface area (Å²) in [5, 5.41) is 7.22. The number of para-hydroxylation sites is 2. The van der Waals surface area contributed by atoms with Gasteiger partial charge < -0.3 is 20.1 Å². The van der Waals surface area contributed by atoms with Gasteiger partial charge in [0.25, 0.3) is 5.91 Å². The van der Waals surface area contributed by atoms with Crippen molar-refractivity contribution in [2.24, 2.45) is 0 Å². The van der Waals surface area contributed by atoms with Crippen molar-refractivity contribution in [3.8, 4) is 11.5 Å². The number of ether oxygens (including phenoxy) is 2. The van der Waals surface area contributed by atoms with E-state index < -0.39 is 0 Å². The van der Waals surface area contributed by atoms with Gasteiger partial charge in [0.1, 0.15) is 5.82 Å². The van der Waals surface area contributed by atoms with Crippen LogP contribution in [0, 0.1) is 0 Å². The molecule has 3 aromatic carbocycles. The van der Waals surface area contributed by atoms with Gasteiger partial charge in [-0.3, -0.25) is 4.79 Å². The fourth-order valence-electron chi connectivity index (χ4n) is 3.84. The maximum atomic E-state index is 13.2. The molecule has 1 aliphatic heterocycles. The van der Waals surface area contributed by atoms with Gasteiger partial charge in [-0.15, -0.1) is 0 Å². The van der Waals surface area contributed by atoms with Gasteiger partial charge in [-0.1, -0.05) is 49.4 Å². The molecule has 0 radical (unpaired) electrons. The zero-order valence-electron chi connectivity index (χ0n) is 17.7. The summed E-state index contributed by atoms with van der Waals surface area (Å²) in [6.45, 7) is 2.72. The van der Waals surface area contributed by atoms with Crippen LogP contribution < -0.4 is 20.1 Å². The quantitative estimate of drug-likeness (QED) is 0.444. The van der Waals surface area contributed by atoms with Crippen LogP contribution in [0.4, 0.5) is 11.5 Å². The van der Waals surface area contributed by atoms with Crippen molar-refractivity contribution in [2.45, 2.75) is 19.9 Å². The monoisotopic (exact) mass is 425 g/mol. The minimum absolute atomic E-state index is 0.159. The maximum absolute atomic E-state index is 13.2. The summed E-state index contributed by atoms with van der Waals surface area (Å²) in [5.41, 5.74) is 4.46. The Bertz CT molecular complexity index is 1300. The van der Waals surface area contributed by atoms with E-state index in [-0.39, 0.29) is 12.7 Å². The molecule has 1 aliphatic rings. The number of hydrogen-bond donors (Lipinski definition) is 2. The highest BCUT2D eigenvalue weighted by Gasteiger charge is 2.16. The van der Waals surface area contributed by atoms with Gasteiger partial charge in [-0.05, 0) is 47.9 Å². The summed E-state index contributed by atoms with van der Waals surface area (Å²) < 4.78 is 10.8. The Kier molecular flexibility index (Phi) is 5.34. The summed E-state index contributed by atoms with van der Waals surface area (Å²) in [5.74, 6) is 1.90. The average molecular weight is 425 g/mol. The van der Waals surface area contributed by atoms with Gasteiger partial charge in [-0.25, -0.2) is 4.98 Å². The van der Waals surface area contributed by atoms with Crippen molar-refractivity contribution in [1.82, 2.24) is 10.3 Å². The maximum Gasteiger partial charge on any atom is 0.252 e. The fraction of sp³-hybridized carbons (Fsp3) is 0.154. The number of carbonyl (C=O) groups excluding carboxylic acids is 1. The molecule has 5 rings (SSSR count). The number of hydrogen-bond acceptors (Lipinski definition) is 5. The van der Waals surface area contributed by atoms with E-state index in [1.807, 2.05) is 66.7 Å². The zero-order valence-corrected chi connectivity index (χ0v) is 17.7. The molecular weight excluding hydrogens is 402 g/mol. The highest BCUT2D eigenvalue weighted by molar-refractivity contribution is 6.07. The molecular formula is C26H23N3O3. The molecule has 1 amide bonds. The summed E-state index contributed by atoms with van der Waals surface area (Å²) in [4.78, 5) is 17.9. The van der Waals surface area contributed by atoms with Gasteiger partial charge in [-0.2, -0.15) is 0 Å². The van der Waals surface area contributed by atoms with Crippen molar-refractivity contribution in [1.29, 1.82) is 0 Å². The largest absolute Gasteiger partial charge is 0.454 e. The third-order valence-corrected chi connectivity index (χ3v) is 5.51. The molecule has 32 heavy (non-hydrogen) atoms. The topological polar surface area (TPSA) is 72.5 Å². The molecule has 160 valence electrons. The lowest BCUT2D eigenvalue weighted by molar-refractivity contribution is 0.0952. The second-order valence-corrected chi connectivity index (χ2v) is 7.58. The van der Waals surface area contributed by atoms with Crippen LogP contribution in [0.1, 0.15) is 28.4 Å². The molecule has 0 aliphatic carbocycles. The number of aryl methyl sites for hydroxylation is 1. The molecule has 6 nitrogen and oxygen atoms in total. The summed E-state index contributed by atoms with van der Waals surface area (Å²) >= 11 is 0. The molecule has 2 N–H and O–H groups in total. The standard InChI is InChI=1S/C26H23N3O3/c1-2-18-7-3-5-9-21(18)28-25-14-20(19-8-4-6-10-22(19)29-25)26(30)27-15-17-11-12-23-24(13-17)32-16-31-23/h3-14H,2,15-16H2,1H3,(H,27,30)(H,28,29). The predicted octanol–water partition coefficient (Wildman–Crippen LogP) is 5.20. The van der Waals surface area contributed by atoms with Crippen LogP contribution in [0.25, 0.3) is 10.9 Å². The summed E-state index contributed by atoms with van der Waals surface area (Å²) in [6.07, 6.45) is 0.902. The number of carbonyl (C=O) groups is 1. The van der Waals surface area contributed by atoms with Crippen molar-refractivity contribution >= 4 is 28.3 Å². The fourth-order valence-corrected chi connectivity index (χ4v) is 3.84. The smallest absolute Gasteiger partial charge is 0.252 e. The van der Waals surface area contributed by atoms with Gasteiger partial charge in [0.15, 0.2) is 11.5 Å². The number of aromatic nitrogens is 1. The minimum atomic E-state index is -0.159. The number of pyridine rings is 1. The van der Waals surface area contributed by atoms with E-state index in [9.17, 15) is 4.79 Å². The van der Waals surface area contributed by atoms with Crippen LogP contribution in [-0.2, 0) is 13.0 Å². The first kappa shape index (κ1) is 19.9. The Morgan fingerprint density at radius 3 is 2.69 bits per heavy atom. The van der Waals surface area contributed by atoms with E-state index in [1.165, 1.54) is 5.56 Å². The molecule has 0 spiro atoms. The molecule has 1 aromatic heterocycles. The second kappa shape index (κ2) is 8.59. The molecule has 0 saturated heterocycles. The van der Waals surface area contributed by atoms with E-state index in [0.717, 1.165) is 34.3 Å². The molecule has 6 heteroatoms. The Morgan fingerprint density at radius 2 is 1.78 bits per heavy atom. The first-order chi connectivity index (χ1) is 15.7. The highest BCUT2D eigenvalue weighted by atomic mass is 16.7. The SMILES string of the molecule is CCc1ccccc1Nc1cc(C(=O)NCc2ccc3c(c2)OCO3)c2ccccc2n1. The van der Waals surface area contributed by atoms with E-state index in [4.69, 9.17) is 14.5 Å². The first-order valence-corrected chi connectivity index (χ1v) is 10.6. The Hall–Kier alpha value is -4.06.